The van der Waals surface area contributed by atoms with E-state index in [-0.39, 0.29) is 22.2 Å². The fourth-order valence-electron chi connectivity index (χ4n) is 1.71. The third-order valence-corrected chi connectivity index (χ3v) is 2.92. The van der Waals surface area contributed by atoms with E-state index in [0.29, 0.717) is 0 Å². The fraction of sp³-hybridized carbons (Fsp3) is 0.231. The number of alkyl halides is 2. The van der Waals surface area contributed by atoms with Crippen LogP contribution in [0.4, 0.5) is 19.1 Å². The van der Waals surface area contributed by atoms with E-state index in [2.05, 4.69) is 15.3 Å². The predicted molar refractivity (Wildman–Crippen MR) is 70.4 cm³/mol. The molecule has 0 bridgehead atoms. The molecule has 0 spiro atoms. The third kappa shape index (κ3) is 3.39. The summed E-state index contributed by atoms with van der Waals surface area (Å²) in [5.41, 5.74) is -0.101. The van der Waals surface area contributed by atoms with Crippen LogP contribution in [0.5, 0.6) is 0 Å². The van der Waals surface area contributed by atoms with Crippen LogP contribution in [0.1, 0.15) is 30.5 Å². The number of rotatable bonds is 4. The van der Waals surface area contributed by atoms with E-state index in [9.17, 15) is 13.2 Å². The lowest BCUT2D eigenvalue weighted by Crippen LogP contribution is -2.11. The molecule has 0 aliphatic rings. The molecule has 1 heterocycles. The standard InChI is InChI=1S/C13H11ClF3N3/c1-7(19-13-18-5-4-11(14)20-13)9-3-2-8(12(16)17)6-10(9)15/h2-7,12H,1H3,(H,18,19,20)/t7-/m0/s1. The molecule has 1 atom stereocenters. The van der Waals surface area contributed by atoms with Crippen LogP contribution in [0.25, 0.3) is 0 Å². The van der Waals surface area contributed by atoms with Gasteiger partial charge in [-0.2, -0.15) is 0 Å². The molecule has 2 aromatic rings. The Bertz CT molecular complexity index is 607. The third-order valence-electron chi connectivity index (χ3n) is 2.71. The molecule has 3 nitrogen and oxygen atoms in total. The summed E-state index contributed by atoms with van der Waals surface area (Å²) < 4.78 is 38.7. The smallest absolute Gasteiger partial charge is 0.263 e. The van der Waals surface area contributed by atoms with E-state index in [0.717, 1.165) is 6.07 Å². The first kappa shape index (κ1) is 14.6. The number of hydrogen-bond acceptors (Lipinski definition) is 3. The number of halogens is 4. The minimum atomic E-state index is -2.70. The van der Waals surface area contributed by atoms with Gasteiger partial charge in [0.05, 0.1) is 6.04 Å². The van der Waals surface area contributed by atoms with Crippen molar-refractivity contribution < 1.29 is 13.2 Å². The van der Waals surface area contributed by atoms with Crippen LogP contribution in [0.15, 0.2) is 30.5 Å². The predicted octanol–water partition coefficient (Wildman–Crippen LogP) is 4.38. The zero-order valence-corrected chi connectivity index (χ0v) is 11.2. The van der Waals surface area contributed by atoms with Crippen molar-refractivity contribution in [2.45, 2.75) is 19.4 Å². The van der Waals surface area contributed by atoms with Gasteiger partial charge < -0.3 is 5.32 Å². The summed E-state index contributed by atoms with van der Waals surface area (Å²) in [6.45, 7) is 1.67. The van der Waals surface area contributed by atoms with Gasteiger partial charge in [-0.25, -0.2) is 23.1 Å². The highest BCUT2D eigenvalue weighted by Crippen LogP contribution is 2.25. The Morgan fingerprint density at radius 1 is 1.25 bits per heavy atom. The van der Waals surface area contributed by atoms with Crippen molar-refractivity contribution in [1.82, 2.24) is 9.97 Å². The van der Waals surface area contributed by atoms with Gasteiger partial charge in [0.1, 0.15) is 11.0 Å². The molecule has 0 aliphatic carbocycles. The summed E-state index contributed by atoms with van der Waals surface area (Å²) in [6.07, 6.45) is -1.24. The molecule has 0 saturated heterocycles. The van der Waals surface area contributed by atoms with Crippen molar-refractivity contribution in [3.05, 3.63) is 52.6 Å². The van der Waals surface area contributed by atoms with E-state index in [4.69, 9.17) is 11.6 Å². The summed E-state index contributed by atoms with van der Waals surface area (Å²) in [7, 11) is 0. The lowest BCUT2D eigenvalue weighted by atomic mass is 10.1. The van der Waals surface area contributed by atoms with Crippen molar-refractivity contribution in [2.75, 3.05) is 5.32 Å². The maximum Gasteiger partial charge on any atom is 0.263 e. The van der Waals surface area contributed by atoms with Crippen LogP contribution < -0.4 is 5.32 Å². The summed E-state index contributed by atoms with van der Waals surface area (Å²) in [5, 5.41) is 3.11. The average molecular weight is 302 g/mol. The molecule has 106 valence electrons. The Balaban J connectivity index is 2.19. The second-order valence-corrected chi connectivity index (χ2v) is 4.54. The van der Waals surface area contributed by atoms with Crippen molar-refractivity contribution in [2.24, 2.45) is 0 Å². The van der Waals surface area contributed by atoms with Gasteiger partial charge in [-0.05, 0) is 19.1 Å². The Kier molecular flexibility index (Phi) is 4.44. The number of anilines is 1. The Hall–Kier alpha value is -1.82. The minimum absolute atomic E-state index is 0.238. The maximum absolute atomic E-state index is 13.8. The normalized spacial score (nSPS) is 12.5. The average Bonchev–Trinajstić information content (AvgIpc) is 2.38. The van der Waals surface area contributed by atoms with E-state index < -0.39 is 18.3 Å². The fourth-order valence-corrected chi connectivity index (χ4v) is 1.84. The van der Waals surface area contributed by atoms with Gasteiger partial charge in [0.15, 0.2) is 0 Å². The van der Waals surface area contributed by atoms with Crippen LogP contribution in [-0.2, 0) is 0 Å². The van der Waals surface area contributed by atoms with Crippen molar-refractivity contribution in [3.63, 3.8) is 0 Å². The molecule has 0 aliphatic heterocycles. The molecule has 0 fully saturated rings. The zero-order chi connectivity index (χ0) is 14.7. The number of nitrogens with one attached hydrogen (secondary N) is 1. The Morgan fingerprint density at radius 3 is 2.60 bits per heavy atom. The first-order valence-electron chi connectivity index (χ1n) is 5.80. The molecule has 0 unspecified atom stereocenters. The quantitative estimate of drug-likeness (QED) is 0.852. The largest absolute Gasteiger partial charge is 0.348 e. The molecule has 20 heavy (non-hydrogen) atoms. The van der Waals surface area contributed by atoms with Crippen LogP contribution in [-0.4, -0.2) is 9.97 Å². The van der Waals surface area contributed by atoms with Gasteiger partial charge in [0, 0.05) is 17.3 Å². The molecular weight excluding hydrogens is 291 g/mol. The van der Waals surface area contributed by atoms with Crippen molar-refractivity contribution >= 4 is 17.5 Å². The van der Waals surface area contributed by atoms with Crippen LogP contribution in [0, 0.1) is 5.82 Å². The zero-order valence-electron chi connectivity index (χ0n) is 10.4. The van der Waals surface area contributed by atoms with Gasteiger partial charge >= 0.3 is 0 Å². The second-order valence-electron chi connectivity index (χ2n) is 4.15. The highest BCUT2D eigenvalue weighted by atomic mass is 35.5. The van der Waals surface area contributed by atoms with E-state index >= 15 is 0 Å². The van der Waals surface area contributed by atoms with Crippen LogP contribution in [0.3, 0.4) is 0 Å². The first-order valence-corrected chi connectivity index (χ1v) is 6.17. The van der Waals surface area contributed by atoms with Gasteiger partial charge in [-0.15, -0.1) is 0 Å². The molecule has 1 aromatic carbocycles. The minimum Gasteiger partial charge on any atom is -0.348 e. The van der Waals surface area contributed by atoms with Crippen molar-refractivity contribution in [1.29, 1.82) is 0 Å². The van der Waals surface area contributed by atoms with E-state index in [1.807, 2.05) is 0 Å². The molecule has 0 amide bonds. The summed E-state index contributed by atoms with van der Waals surface area (Å²) in [4.78, 5) is 7.85. The van der Waals surface area contributed by atoms with E-state index in [1.165, 1.54) is 24.4 Å². The molecule has 1 N–H and O–H groups in total. The Labute approximate surface area is 118 Å². The topological polar surface area (TPSA) is 37.8 Å². The lowest BCUT2D eigenvalue weighted by molar-refractivity contribution is 0.151. The highest BCUT2D eigenvalue weighted by molar-refractivity contribution is 6.29. The monoisotopic (exact) mass is 301 g/mol. The molecule has 1 aromatic heterocycles. The molecule has 7 heteroatoms. The lowest BCUT2D eigenvalue weighted by Gasteiger charge is -2.15. The number of nitrogens with zero attached hydrogens (tertiary/aromatic N) is 2. The number of hydrogen-bond donors (Lipinski definition) is 1. The Morgan fingerprint density at radius 2 is 2.00 bits per heavy atom. The van der Waals surface area contributed by atoms with Crippen molar-refractivity contribution in [3.8, 4) is 0 Å². The van der Waals surface area contributed by atoms with Crippen LogP contribution >= 0.6 is 11.6 Å². The summed E-state index contributed by atoms with van der Waals surface area (Å²) in [6, 6.07) is 4.37. The van der Waals surface area contributed by atoms with Gasteiger partial charge in [-0.3, -0.25) is 0 Å². The number of benzene rings is 1. The summed E-state index contributed by atoms with van der Waals surface area (Å²) in [5.74, 6) is -0.466. The molecular formula is C13H11ClF3N3. The van der Waals surface area contributed by atoms with Gasteiger partial charge in [0.25, 0.3) is 6.43 Å². The second kappa shape index (κ2) is 6.09. The molecule has 0 saturated carbocycles. The van der Waals surface area contributed by atoms with Crippen LogP contribution in [0.2, 0.25) is 5.15 Å². The van der Waals surface area contributed by atoms with E-state index in [1.54, 1.807) is 6.92 Å². The highest BCUT2D eigenvalue weighted by Gasteiger charge is 2.15. The maximum atomic E-state index is 13.8. The van der Waals surface area contributed by atoms with Gasteiger partial charge in [-0.1, -0.05) is 23.7 Å². The molecule has 0 radical (unpaired) electrons. The molecule has 2 rings (SSSR count). The SMILES string of the molecule is C[C@H](Nc1nccc(Cl)n1)c1ccc(C(F)F)cc1F. The number of aromatic nitrogens is 2. The summed E-state index contributed by atoms with van der Waals surface area (Å²) >= 11 is 5.71. The van der Waals surface area contributed by atoms with Gasteiger partial charge in [0.2, 0.25) is 5.95 Å². The first-order chi connectivity index (χ1) is 9.47.